The summed E-state index contributed by atoms with van der Waals surface area (Å²) >= 11 is 8.88. The largest absolute Gasteiger partial charge is 0.503 e. The number of halogens is 2. The highest BCUT2D eigenvalue weighted by molar-refractivity contribution is 9.10. The lowest BCUT2D eigenvalue weighted by Crippen LogP contribution is -1.86. The number of hydrogen-bond acceptors (Lipinski definition) is 2. The fraction of sp³-hybridized carbons (Fsp3) is 0.250. The van der Waals surface area contributed by atoms with Gasteiger partial charge in [-0.1, -0.05) is 11.6 Å². The van der Waals surface area contributed by atoms with E-state index in [-0.39, 0.29) is 16.5 Å². The molecule has 2 N–H and O–H groups in total. The van der Waals surface area contributed by atoms with Crippen LogP contribution < -0.4 is 0 Å². The quantitative estimate of drug-likeness (QED) is 0.696. The molecule has 2 nitrogen and oxygen atoms in total. The van der Waals surface area contributed by atoms with Crippen molar-refractivity contribution in [1.82, 2.24) is 0 Å². The first-order valence-electron chi connectivity index (χ1n) is 3.33. The van der Waals surface area contributed by atoms with Crippen LogP contribution in [0, 0.1) is 13.8 Å². The summed E-state index contributed by atoms with van der Waals surface area (Å²) in [5.41, 5.74) is 1.59. The molecule has 0 saturated heterocycles. The van der Waals surface area contributed by atoms with Crippen LogP contribution in [0.5, 0.6) is 11.5 Å². The molecule has 0 spiro atoms. The van der Waals surface area contributed by atoms with Crippen molar-refractivity contribution < 1.29 is 10.2 Å². The van der Waals surface area contributed by atoms with Gasteiger partial charge in [-0.05, 0) is 40.9 Å². The fourth-order valence-corrected chi connectivity index (χ4v) is 1.61. The highest BCUT2D eigenvalue weighted by Gasteiger charge is 2.15. The highest BCUT2D eigenvalue weighted by atomic mass is 79.9. The van der Waals surface area contributed by atoms with Crippen molar-refractivity contribution in [2.24, 2.45) is 0 Å². The zero-order valence-corrected chi connectivity index (χ0v) is 8.99. The van der Waals surface area contributed by atoms with Crippen LogP contribution in [0.1, 0.15) is 11.1 Å². The molecule has 0 aliphatic rings. The van der Waals surface area contributed by atoms with E-state index in [4.69, 9.17) is 11.6 Å². The van der Waals surface area contributed by atoms with Crippen LogP contribution in [-0.2, 0) is 0 Å². The van der Waals surface area contributed by atoms with E-state index in [2.05, 4.69) is 15.9 Å². The Hall–Kier alpha value is -0.410. The van der Waals surface area contributed by atoms with E-state index >= 15 is 0 Å². The van der Waals surface area contributed by atoms with Crippen molar-refractivity contribution in [1.29, 1.82) is 0 Å². The van der Waals surface area contributed by atoms with E-state index in [1.165, 1.54) is 0 Å². The van der Waals surface area contributed by atoms with Gasteiger partial charge in [0.05, 0.1) is 9.50 Å². The molecule has 0 aromatic heterocycles. The van der Waals surface area contributed by atoms with E-state index in [9.17, 15) is 10.2 Å². The van der Waals surface area contributed by atoms with Gasteiger partial charge in [-0.3, -0.25) is 0 Å². The topological polar surface area (TPSA) is 40.5 Å². The summed E-state index contributed by atoms with van der Waals surface area (Å²) in [7, 11) is 0. The summed E-state index contributed by atoms with van der Waals surface area (Å²) in [6.45, 7) is 3.59. The standard InChI is InChI=1S/C8H8BrClO2/c1-3-4(2)6(10)8(12)7(11)5(3)9/h11-12H,1-2H3. The van der Waals surface area contributed by atoms with E-state index < -0.39 is 0 Å². The molecule has 0 heterocycles. The Labute approximate surface area is 83.9 Å². The molecule has 0 fully saturated rings. The first-order valence-corrected chi connectivity index (χ1v) is 4.50. The fourth-order valence-electron chi connectivity index (χ4n) is 0.892. The Morgan fingerprint density at radius 3 is 2.08 bits per heavy atom. The Morgan fingerprint density at radius 2 is 1.58 bits per heavy atom. The van der Waals surface area contributed by atoms with E-state index in [1.807, 2.05) is 6.92 Å². The zero-order valence-electron chi connectivity index (χ0n) is 6.65. The third-order valence-corrected chi connectivity index (χ3v) is 3.29. The molecule has 0 radical (unpaired) electrons. The van der Waals surface area contributed by atoms with Crippen molar-refractivity contribution in [3.63, 3.8) is 0 Å². The second-order valence-electron chi connectivity index (χ2n) is 2.58. The van der Waals surface area contributed by atoms with Crippen LogP contribution in [0.3, 0.4) is 0 Å². The maximum Gasteiger partial charge on any atom is 0.177 e. The summed E-state index contributed by atoms with van der Waals surface area (Å²) in [4.78, 5) is 0. The molecule has 0 aliphatic carbocycles. The van der Waals surface area contributed by atoms with Gasteiger partial charge in [0, 0.05) is 0 Å². The van der Waals surface area contributed by atoms with Crippen LogP contribution in [0.2, 0.25) is 5.02 Å². The summed E-state index contributed by atoms with van der Waals surface area (Å²) in [6.07, 6.45) is 0. The van der Waals surface area contributed by atoms with Crippen LogP contribution in [-0.4, -0.2) is 10.2 Å². The normalized spacial score (nSPS) is 10.3. The van der Waals surface area contributed by atoms with E-state index in [0.29, 0.717) is 4.47 Å². The van der Waals surface area contributed by atoms with Gasteiger partial charge in [-0.2, -0.15) is 0 Å². The molecule has 1 aromatic carbocycles. The summed E-state index contributed by atoms with van der Waals surface area (Å²) in [6, 6.07) is 0. The Kier molecular flexibility index (Phi) is 2.54. The molecule has 0 bridgehead atoms. The van der Waals surface area contributed by atoms with Gasteiger partial charge >= 0.3 is 0 Å². The van der Waals surface area contributed by atoms with Crippen molar-refractivity contribution in [2.45, 2.75) is 13.8 Å². The maximum absolute atomic E-state index is 9.31. The molecule has 0 aliphatic heterocycles. The van der Waals surface area contributed by atoms with Gasteiger partial charge in [0.2, 0.25) is 0 Å². The molecule has 1 aromatic rings. The average molecular weight is 252 g/mol. The molecular formula is C8H8BrClO2. The maximum atomic E-state index is 9.31. The minimum atomic E-state index is -0.272. The lowest BCUT2D eigenvalue weighted by Gasteiger charge is -2.09. The second kappa shape index (κ2) is 3.15. The van der Waals surface area contributed by atoms with Crippen LogP contribution in [0.4, 0.5) is 0 Å². The monoisotopic (exact) mass is 250 g/mol. The Balaban J connectivity index is 3.60. The first kappa shape index (κ1) is 9.68. The minimum absolute atomic E-state index is 0.202. The zero-order chi connectivity index (χ0) is 9.46. The highest BCUT2D eigenvalue weighted by Crippen LogP contribution is 2.43. The Morgan fingerprint density at radius 1 is 1.08 bits per heavy atom. The van der Waals surface area contributed by atoms with Gasteiger partial charge in [0.25, 0.3) is 0 Å². The van der Waals surface area contributed by atoms with E-state index in [0.717, 1.165) is 11.1 Å². The van der Waals surface area contributed by atoms with Crippen molar-refractivity contribution >= 4 is 27.5 Å². The van der Waals surface area contributed by atoms with Gasteiger partial charge in [0.1, 0.15) is 0 Å². The number of hydrogen-bond donors (Lipinski definition) is 2. The van der Waals surface area contributed by atoms with Gasteiger partial charge in [0.15, 0.2) is 11.5 Å². The van der Waals surface area contributed by atoms with E-state index in [1.54, 1.807) is 6.92 Å². The summed E-state index contributed by atoms with van der Waals surface area (Å²) in [5, 5.41) is 18.8. The average Bonchev–Trinajstić information content (AvgIpc) is 2.08. The molecule has 0 unspecified atom stereocenters. The molecule has 66 valence electrons. The Bertz CT molecular complexity index is 231. The lowest BCUT2D eigenvalue weighted by atomic mass is 10.1. The van der Waals surface area contributed by atoms with Crippen molar-refractivity contribution in [3.05, 3.63) is 20.6 Å². The molecular weight excluding hydrogens is 243 g/mol. The number of aromatic hydroxyl groups is 2. The first-order chi connectivity index (χ1) is 5.46. The summed E-state index contributed by atoms with van der Waals surface area (Å²) in [5.74, 6) is -0.477. The summed E-state index contributed by atoms with van der Waals surface area (Å²) < 4.78 is 0.488. The van der Waals surface area contributed by atoms with Gasteiger partial charge < -0.3 is 10.2 Å². The molecule has 12 heavy (non-hydrogen) atoms. The van der Waals surface area contributed by atoms with Gasteiger partial charge in [-0.15, -0.1) is 0 Å². The molecule has 0 saturated carbocycles. The van der Waals surface area contributed by atoms with Crippen molar-refractivity contribution in [3.8, 4) is 11.5 Å². The third kappa shape index (κ3) is 1.27. The van der Waals surface area contributed by atoms with Crippen molar-refractivity contribution in [2.75, 3.05) is 0 Å². The predicted molar refractivity (Wildman–Crippen MR) is 52.0 cm³/mol. The predicted octanol–water partition coefficient (Wildman–Crippen LogP) is 3.13. The third-order valence-electron chi connectivity index (χ3n) is 1.86. The number of rotatable bonds is 0. The second-order valence-corrected chi connectivity index (χ2v) is 3.75. The van der Waals surface area contributed by atoms with Crippen LogP contribution >= 0.6 is 27.5 Å². The smallest absolute Gasteiger partial charge is 0.177 e. The molecule has 1 rings (SSSR count). The van der Waals surface area contributed by atoms with Crippen LogP contribution in [0.25, 0.3) is 0 Å². The van der Waals surface area contributed by atoms with Crippen LogP contribution in [0.15, 0.2) is 4.47 Å². The minimum Gasteiger partial charge on any atom is -0.503 e. The number of benzene rings is 1. The molecule has 0 amide bonds. The molecule has 4 heteroatoms. The molecule has 0 atom stereocenters. The SMILES string of the molecule is Cc1c(C)c(Br)c(O)c(O)c1Cl. The lowest BCUT2D eigenvalue weighted by molar-refractivity contribution is 0.401. The number of phenolic OH excluding ortho intramolecular Hbond substituents is 2. The van der Waals surface area contributed by atoms with Gasteiger partial charge in [-0.25, -0.2) is 0 Å². The number of phenols is 2.